The van der Waals surface area contributed by atoms with Gasteiger partial charge in [-0.05, 0) is 18.1 Å². The zero-order valence-corrected chi connectivity index (χ0v) is 15.3. The summed E-state index contributed by atoms with van der Waals surface area (Å²) in [6.45, 7) is 7.06. The van der Waals surface area contributed by atoms with Crippen LogP contribution in [0, 0.1) is 0 Å². The van der Waals surface area contributed by atoms with Gasteiger partial charge in [-0.15, -0.1) is 0 Å². The molecule has 0 spiro atoms. The maximum absolute atomic E-state index is 11.4. The molecule has 1 aliphatic rings. The van der Waals surface area contributed by atoms with Crippen LogP contribution in [0.15, 0.2) is 30.5 Å². The van der Waals surface area contributed by atoms with Gasteiger partial charge >= 0.3 is 5.97 Å². The van der Waals surface area contributed by atoms with E-state index in [1.54, 1.807) is 7.11 Å². The molecular weight excluding hydrogens is 332 g/mol. The SMILES string of the molecule is COc1ccccc1N1CCN(c2ncc(C(=O)O)c(C(C)C)n2)CC1. The molecule has 7 nitrogen and oxygen atoms in total. The van der Waals surface area contributed by atoms with E-state index in [4.69, 9.17) is 4.74 Å². The molecule has 0 amide bonds. The summed E-state index contributed by atoms with van der Waals surface area (Å²) >= 11 is 0. The number of piperazine rings is 1. The van der Waals surface area contributed by atoms with Gasteiger partial charge in [-0.2, -0.15) is 0 Å². The van der Waals surface area contributed by atoms with Crippen molar-refractivity contribution in [2.45, 2.75) is 19.8 Å². The van der Waals surface area contributed by atoms with Gasteiger partial charge in [0.2, 0.25) is 5.95 Å². The van der Waals surface area contributed by atoms with Crippen molar-refractivity contribution in [1.29, 1.82) is 0 Å². The van der Waals surface area contributed by atoms with Gasteiger partial charge in [0.25, 0.3) is 0 Å². The minimum atomic E-state index is -0.985. The van der Waals surface area contributed by atoms with Gasteiger partial charge in [-0.1, -0.05) is 26.0 Å². The summed E-state index contributed by atoms with van der Waals surface area (Å²) < 4.78 is 5.45. The topological polar surface area (TPSA) is 78.8 Å². The number of anilines is 2. The Morgan fingerprint density at radius 3 is 2.42 bits per heavy atom. The van der Waals surface area contributed by atoms with Gasteiger partial charge < -0.3 is 19.6 Å². The van der Waals surface area contributed by atoms with E-state index in [2.05, 4.69) is 25.8 Å². The first-order valence-corrected chi connectivity index (χ1v) is 8.74. The quantitative estimate of drug-likeness (QED) is 0.882. The second kappa shape index (κ2) is 7.59. The maximum Gasteiger partial charge on any atom is 0.339 e. The number of carbonyl (C=O) groups is 1. The fourth-order valence-electron chi connectivity index (χ4n) is 3.18. The van der Waals surface area contributed by atoms with Crippen molar-refractivity contribution >= 4 is 17.6 Å². The summed E-state index contributed by atoms with van der Waals surface area (Å²) in [5, 5.41) is 9.31. The molecule has 0 aliphatic carbocycles. The van der Waals surface area contributed by atoms with Gasteiger partial charge in [0, 0.05) is 32.4 Å². The van der Waals surface area contributed by atoms with Gasteiger partial charge in [0.15, 0.2) is 0 Å². The summed E-state index contributed by atoms with van der Waals surface area (Å²) in [6.07, 6.45) is 1.42. The highest BCUT2D eigenvalue weighted by Gasteiger charge is 2.23. The van der Waals surface area contributed by atoms with Crippen molar-refractivity contribution in [3.05, 3.63) is 41.7 Å². The predicted molar refractivity (Wildman–Crippen MR) is 101 cm³/mol. The first kappa shape index (κ1) is 18.0. The number of benzene rings is 1. The van der Waals surface area contributed by atoms with Gasteiger partial charge in [-0.3, -0.25) is 0 Å². The van der Waals surface area contributed by atoms with Crippen molar-refractivity contribution in [3.8, 4) is 5.75 Å². The van der Waals surface area contributed by atoms with Crippen LogP contribution < -0.4 is 14.5 Å². The molecule has 1 N–H and O–H groups in total. The third-order valence-corrected chi connectivity index (χ3v) is 4.57. The molecule has 2 heterocycles. The zero-order chi connectivity index (χ0) is 18.7. The number of hydrogen-bond donors (Lipinski definition) is 1. The lowest BCUT2D eigenvalue weighted by atomic mass is 10.1. The molecular formula is C19H24N4O3. The molecule has 2 aromatic rings. The van der Waals surface area contributed by atoms with E-state index in [0.717, 1.165) is 37.6 Å². The number of rotatable bonds is 5. The Morgan fingerprint density at radius 2 is 1.81 bits per heavy atom. The van der Waals surface area contributed by atoms with Crippen LogP contribution in [-0.4, -0.2) is 54.3 Å². The lowest BCUT2D eigenvalue weighted by Gasteiger charge is -2.36. The monoisotopic (exact) mass is 356 g/mol. The fourth-order valence-corrected chi connectivity index (χ4v) is 3.18. The van der Waals surface area contributed by atoms with Crippen molar-refractivity contribution in [3.63, 3.8) is 0 Å². The Labute approximate surface area is 153 Å². The Hall–Kier alpha value is -2.83. The standard InChI is InChI=1S/C19H24N4O3/c1-13(2)17-14(18(24)25)12-20-19(21-17)23-10-8-22(9-11-23)15-6-4-5-7-16(15)26-3/h4-7,12-13H,8-11H2,1-3H3,(H,24,25). The third kappa shape index (κ3) is 3.56. The molecule has 0 bridgehead atoms. The third-order valence-electron chi connectivity index (χ3n) is 4.57. The van der Waals surface area contributed by atoms with Crippen LogP contribution in [0.2, 0.25) is 0 Å². The van der Waals surface area contributed by atoms with Crippen molar-refractivity contribution in [2.24, 2.45) is 0 Å². The summed E-state index contributed by atoms with van der Waals surface area (Å²) in [6, 6.07) is 7.99. The predicted octanol–water partition coefficient (Wildman–Crippen LogP) is 2.63. The minimum Gasteiger partial charge on any atom is -0.495 e. The fraction of sp³-hybridized carbons (Fsp3) is 0.421. The lowest BCUT2D eigenvalue weighted by Crippen LogP contribution is -2.47. The average molecular weight is 356 g/mol. The number of aromatic carboxylic acids is 1. The first-order chi connectivity index (χ1) is 12.5. The molecule has 1 fully saturated rings. The van der Waals surface area contributed by atoms with Crippen LogP contribution in [0.4, 0.5) is 11.6 Å². The normalized spacial score (nSPS) is 14.6. The van der Waals surface area contributed by atoms with Crippen LogP contribution in [0.5, 0.6) is 5.75 Å². The largest absolute Gasteiger partial charge is 0.495 e. The molecule has 1 aromatic heterocycles. The van der Waals surface area contributed by atoms with Gasteiger partial charge in [0.1, 0.15) is 5.75 Å². The molecule has 1 saturated heterocycles. The van der Waals surface area contributed by atoms with E-state index in [1.807, 2.05) is 32.0 Å². The van der Waals surface area contributed by atoms with Gasteiger partial charge in [0.05, 0.1) is 24.1 Å². The smallest absolute Gasteiger partial charge is 0.339 e. The lowest BCUT2D eigenvalue weighted by molar-refractivity contribution is 0.0694. The minimum absolute atomic E-state index is 0.0257. The number of carboxylic acid groups (broad SMARTS) is 1. The Morgan fingerprint density at radius 1 is 1.15 bits per heavy atom. The zero-order valence-electron chi connectivity index (χ0n) is 15.3. The molecule has 0 radical (unpaired) electrons. The van der Waals surface area contributed by atoms with Crippen molar-refractivity contribution in [1.82, 2.24) is 9.97 Å². The second-order valence-corrected chi connectivity index (χ2v) is 6.57. The summed E-state index contributed by atoms with van der Waals surface area (Å²) in [5.74, 6) is 0.502. The molecule has 0 unspecified atom stereocenters. The van der Waals surface area contributed by atoms with E-state index in [1.165, 1.54) is 6.20 Å². The van der Waals surface area contributed by atoms with Crippen molar-refractivity contribution in [2.75, 3.05) is 43.1 Å². The summed E-state index contributed by atoms with van der Waals surface area (Å²) in [5.41, 5.74) is 1.84. The molecule has 26 heavy (non-hydrogen) atoms. The van der Waals surface area contributed by atoms with Crippen LogP contribution in [0.25, 0.3) is 0 Å². The van der Waals surface area contributed by atoms with E-state index in [-0.39, 0.29) is 11.5 Å². The molecule has 1 aromatic carbocycles. The summed E-state index contributed by atoms with van der Waals surface area (Å²) in [4.78, 5) is 24.6. The van der Waals surface area contributed by atoms with Crippen LogP contribution >= 0.6 is 0 Å². The molecule has 0 saturated carbocycles. The maximum atomic E-state index is 11.4. The van der Waals surface area contributed by atoms with E-state index < -0.39 is 5.97 Å². The second-order valence-electron chi connectivity index (χ2n) is 6.57. The Kier molecular flexibility index (Phi) is 5.25. The van der Waals surface area contributed by atoms with E-state index in [0.29, 0.717) is 11.6 Å². The van der Waals surface area contributed by atoms with Crippen LogP contribution in [0.3, 0.4) is 0 Å². The number of ether oxygens (including phenoxy) is 1. The number of hydrogen-bond acceptors (Lipinski definition) is 6. The number of carboxylic acids is 1. The van der Waals surface area contributed by atoms with Crippen molar-refractivity contribution < 1.29 is 14.6 Å². The number of nitrogens with zero attached hydrogens (tertiary/aromatic N) is 4. The average Bonchev–Trinajstić information content (AvgIpc) is 2.67. The summed E-state index contributed by atoms with van der Waals surface area (Å²) in [7, 11) is 1.68. The number of aromatic nitrogens is 2. The highest BCUT2D eigenvalue weighted by atomic mass is 16.5. The highest BCUT2D eigenvalue weighted by molar-refractivity contribution is 5.88. The van der Waals surface area contributed by atoms with Crippen LogP contribution in [0.1, 0.15) is 35.8 Å². The molecule has 138 valence electrons. The molecule has 0 atom stereocenters. The molecule has 7 heteroatoms. The Balaban J connectivity index is 1.76. The van der Waals surface area contributed by atoms with Gasteiger partial charge in [-0.25, -0.2) is 14.8 Å². The number of methoxy groups -OCH3 is 1. The van der Waals surface area contributed by atoms with E-state index >= 15 is 0 Å². The molecule has 1 aliphatic heterocycles. The Bertz CT molecular complexity index is 786. The van der Waals surface area contributed by atoms with E-state index in [9.17, 15) is 9.90 Å². The first-order valence-electron chi connectivity index (χ1n) is 8.74. The number of para-hydroxylation sites is 2. The highest BCUT2D eigenvalue weighted by Crippen LogP contribution is 2.29. The van der Waals surface area contributed by atoms with Crippen LogP contribution in [-0.2, 0) is 0 Å². The molecule has 3 rings (SSSR count).